The number of carbonyl (C=O) groups excluding carboxylic acids is 2. The molecular formula is C20H23N3O3. The number of benzene rings is 1. The van der Waals surface area contributed by atoms with E-state index in [2.05, 4.69) is 5.32 Å². The molecule has 0 aliphatic carbocycles. The van der Waals surface area contributed by atoms with Crippen LogP contribution in [0.4, 0.5) is 5.69 Å². The number of hydrogen-bond donors (Lipinski definition) is 1. The topological polar surface area (TPSA) is 71.4 Å². The highest BCUT2D eigenvalue weighted by Crippen LogP contribution is 2.14. The number of carbonyl (C=O) groups is 2. The number of pyridine rings is 1. The lowest BCUT2D eigenvalue weighted by Gasteiger charge is -2.16. The zero-order valence-corrected chi connectivity index (χ0v) is 14.9. The summed E-state index contributed by atoms with van der Waals surface area (Å²) in [4.78, 5) is 38.9. The van der Waals surface area contributed by atoms with Crippen molar-refractivity contribution in [2.75, 3.05) is 18.4 Å². The van der Waals surface area contributed by atoms with Gasteiger partial charge in [0.2, 0.25) is 5.91 Å². The molecule has 1 aromatic heterocycles. The quantitative estimate of drug-likeness (QED) is 0.896. The first-order chi connectivity index (χ1) is 12.5. The second-order valence-corrected chi connectivity index (χ2v) is 6.59. The van der Waals surface area contributed by atoms with Crippen LogP contribution in [0.2, 0.25) is 0 Å². The molecule has 0 spiro atoms. The van der Waals surface area contributed by atoms with E-state index in [-0.39, 0.29) is 29.5 Å². The van der Waals surface area contributed by atoms with Gasteiger partial charge in [0.25, 0.3) is 11.5 Å². The van der Waals surface area contributed by atoms with Crippen LogP contribution in [-0.2, 0) is 18.3 Å². The number of amides is 2. The van der Waals surface area contributed by atoms with Gasteiger partial charge >= 0.3 is 0 Å². The van der Waals surface area contributed by atoms with Crippen LogP contribution in [0.5, 0.6) is 0 Å². The highest BCUT2D eigenvalue weighted by Gasteiger charge is 2.21. The summed E-state index contributed by atoms with van der Waals surface area (Å²) in [5.74, 6) is -0.338. The van der Waals surface area contributed by atoms with Crippen molar-refractivity contribution < 1.29 is 9.59 Å². The second kappa shape index (κ2) is 7.99. The van der Waals surface area contributed by atoms with Gasteiger partial charge in [-0.1, -0.05) is 30.3 Å². The molecular weight excluding hydrogens is 330 g/mol. The molecule has 0 bridgehead atoms. The SMILES string of the molecule is Cn1cc(C(=O)N2CCCC2)cc(NC(=O)CCc2ccccc2)c1=O. The molecule has 2 amide bonds. The Labute approximate surface area is 152 Å². The minimum absolute atomic E-state index is 0.0992. The summed E-state index contributed by atoms with van der Waals surface area (Å²) >= 11 is 0. The highest BCUT2D eigenvalue weighted by molar-refractivity contribution is 5.97. The molecule has 1 aromatic carbocycles. The fraction of sp³-hybridized carbons (Fsp3) is 0.350. The Morgan fingerprint density at radius 2 is 1.81 bits per heavy atom. The lowest BCUT2D eigenvalue weighted by atomic mass is 10.1. The summed E-state index contributed by atoms with van der Waals surface area (Å²) in [6, 6.07) is 11.2. The third-order valence-corrected chi connectivity index (χ3v) is 4.58. The Hall–Kier alpha value is -2.89. The molecule has 26 heavy (non-hydrogen) atoms. The molecule has 3 rings (SSSR count). The third-order valence-electron chi connectivity index (χ3n) is 4.58. The van der Waals surface area contributed by atoms with Gasteiger partial charge in [-0.05, 0) is 30.9 Å². The molecule has 2 heterocycles. The van der Waals surface area contributed by atoms with Crippen LogP contribution in [0, 0.1) is 0 Å². The molecule has 1 fully saturated rings. The first-order valence-electron chi connectivity index (χ1n) is 8.88. The summed E-state index contributed by atoms with van der Waals surface area (Å²) in [7, 11) is 1.59. The minimum Gasteiger partial charge on any atom is -0.339 e. The van der Waals surface area contributed by atoms with Crippen molar-refractivity contribution in [3.8, 4) is 0 Å². The van der Waals surface area contributed by atoms with E-state index in [1.807, 2.05) is 30.3 Å². The molecule has 0 atom stereocenters. The van der Waals surface area contributed by atoms with Crippen LogP contribution in [0.1, 0.15) is 35.2 Å². The molecule has 6 heteroatoms. The molecule has 1 saturated heterocycles. The fourth-order valence-corrected chi connectivity index (χ4v) is 3.14. The van der Waals surface area contributed by atoms with Crippen LogP contribution in [0.25, 0.3) is 0 Å². The van der Waals surface area contributed by atoms with E-state index < -0.39 is 0 Å². The lowest BCUT2D eigenvalue weighted by molar-refractivity contribution is -0.116. The number of nitrogens with one attached hydrogen (secondary N) is 1. The van der Waals surface area contributed by atoms with Gasteiger partial charge < -0.3 is 14.8 Å². The van der Waals surface area contributed by atoms with E-state index in [1.165, 1.54) is 16.8 Å². The largest absolute Gasteiger partial charge is 0.339 e. The first-order valence-corrected chi connectivity index (χ1v) is 8.88. The molecule has 6 nitrogen and oxygen atoms in total. The van der Waals surface area contributed by atoms with Crippen LogP contribution in [0.3, 0.4) is 0 Å². The van der Waals surface area contributed by atoms with Crippen LogP contribution in [0.15, 0.2) is 47.4 Å². The number of aryl methyl sites for hydroxylation is 2. The highest BCUT2D eigenvalue weighted by atomic mass is 16.2. The van der Waals surface area contributed by atoms with Crippen molar-refractivity contribution in [3.63, 3.8) is 0 Å². The zero-order chi connectivity index (χ0) is 18.5. The minimum atomic E-state index is -0.323. The van der Waals surface area contributed by atoms with Gasteiger partial charge in [0.05, 0.1) is 5.56 Å². The summed E-state index contributed by atoms with van der Waals surface area (Å²) < 4.78 is 1.34. The zero-order valence-electron chi connectivity index (χ0n) is 14.9. The standard InChI is InChI=1S/C20H23N3O3/c1-22-14-16(19(25)23-11-5-6-12-23)13-17(20(22)26)21-18(24)10-9-15-7-3-2-4-8-15/h2-4,7-8,13-14H,5-6,9-12H2,1H3,(H,21,24). The summed E-state index contributed by atoms with van der Waals surface area (Å²) in [5, 5.41) is 2.66. The van der Waals surface area contributed by atoms with E-state index in [0.29, 0.717) is 12.0 Å². The smallest absolute Gasteiger partial charge is 0.274 e. The predicted molar refractivity (Wildman–Crippen MR) is 100 cm³/mol. The number of rotatable bonds is 5. The second-order valence-electron chi connectivity index (χ2n) is 6.59. The summed E-state index contributed by atoms with van der Waals surface area (Å²) in [6.07, 6.45) is 4.40. The van der Waals surface area contributed by atoms with Crippen LogP contribution >= 0.6 is 0 Å². The summed E-state index contributed by atoms with van der Waals surface area (Å²) in [5.41, 5.74) is 1.31. The fourth-order valence-electron chi connectivity index (χ4n) is 3.14. The van der Waals surface area contributed by atoms with Crippen molar-refractivity contribution in [2.45, 2.75) is 25.7 Å². The van der Waals surface area contributed by atoms with Crippen LogP contribution in [-0.4, -0.2) is 34.4 Å². The van der Waals surface area contributed by atoms with Gasteiger partial charge in [-0.15, -0.1) is 0 Å². The van der Waals surface area contributed by atoms with Gasteiger partial charge in [0.15, 0.2) is 0 Å². The Morgan fingerprint density at radius 1 is 1.12 bits per heavy atom. The monoisotopic (exact) mass is 353 g/mol. The van der Waals surface area contributed by atoms with Gasteiger partial charge in [-0.2, -0.15) is 0 Å². The number of hydrogen-bond acceptors (Lipinski definition) is 3. The average molecular weight is 353 g/mol. The third kappa shape index (κ3) is 4.20. The lowest BCUT2D eigenvalue weighted by Crippen LogP contribution is -2.30. The average Bonchev–Trinajstić information content (AvgIpc) is 3.18. The number of nitrogens with zero attached hydrogens (tertiary/aromatic N) is 2. The van der Waals surface area contributed by atoms with Crippen molar-refractivity contribution in [2.24, 2.45) is 7.05 Å². The maximum Gasteiger partial charge on any atom is 0.274 e. The first kappa shape index (κ1) is 17.9. The normalized spacial score (nSPS) is 13.7. The van der Waals surface area contributed by atoms with Crippen molar-refractivity contribution in [1.82, 2.24) is 9.47 Å². The number of anilines is 1. The molecule has 136 valence electrons. The Bertz CT molecular complexity index is 852. The molecule has 0 saturated carbocycles. The van der Waals surface area contributed by atoms with E-state index in [1.54, 1.807) is 11.9 Å². The van der Waals surface area contributed by atoms with Crippen molar-refractivity contribution in [1.29, 1.82) is 0 Å². The van der Waals surface area contributed by atoms with Gasteiger partial charge in [0, 0.05) is 32.8 Å². The predicted octanol–water partition coefficient (Wildman–Crippen LogP) is 2.19. The molecule has 2 aromatic rings. The Balaban J connectivity index is 1.71. The van der Waals surface area contributed by atoms with Crippen molar-refractivity contribution in [3.05, 3.63) is 64.1 Å². The molecule has 1 aliphatic heterocycles. The van der Waals surface area contributed by atoms with Gasteiger partial charge in [0.1, 0.15) is 5.69 Å². The molecule has 0 unspecified atom stereocenters. The maximum atomic E-state index is 12.6. The molecule has 1 N–H and O–H groups in total. The van der Waals surface area contributed by atoms with Crippen LogP contribution < -0.4 is 10.9 Å². The van der Waals surface area contributed by atoms with Crippen molar-refractivity contribution >= 4 is 17.5 Å². The summed E-state index contributed by atoms with van der Waals surface area (Å²) in [6.45, 7) is 1.47. The van der Waals surface area contributed by atoms with E-state index in [0.717, 1.165) is 31.5 Å². The molecule has 1 aliphatic rings. The van der Waals surface area contributed by atoms with Gasteiger partial charge in [-0.25, -0.2) is 0 Å². The van der Waals surface area contributed by atoms with E-state index in [4.69, 9.17) is 0 Å². The molecule has 0 radical (unpaired) electrons. The van der Waals surface area contributed by atoms with E-state index >= 15 is 0 Å². The van der Waals surface area contributed by atoms with Gasteiger partial charge in [-0.3, -0.25) is 14.4 Å². The number of likely N-dealkylation sites (tertiary alicyclic amines) is 1. The maximum absolute atomic E-state index is 12.6. The Morgan fingerprint density at radius 3 is 2.50 bits per heavy atom. The van der Waals surface area contributed by atoms with E-state index in [9.17, 15) is 14.4 Å². The number of aromatic nitrogens is 1. The Kier molecular flexibility index (Phi) is 5.51.